The number of hydrogen-bond acceptors (Lipinski definition) is 3. The fraction of sp³-hybridized carbons (Fsp3) is 0. The first-order valence-corrected chi connectivity index (χ1v) is 5.06. The first kappa shape index (κ1) is 9.92. The van der Waals surface area contributed by atoms with Crippen LogP contribution in [0.5, 0.6) is 0 Å². The van der Waals surface area contributed by atoms with Gasteiger partial charge >= 0.3 is 0 Å². The lowest BCUT2D eigenvalue weighted by Crippen LogP contribution is -2.04. The van der Waals surface area contributed by atoms with Crippen molar-refractivity contribution < 1.29 is 4.79 Å². The minimum Gasteiger partial charge on any atom is -0.398 e. The Morgan fingerprint density at radius 3 is 2.93 bits per heavy atom. The van der Waals surface area contributed by atoms with Crippen molar-refractivity contribution in [1.82, 2.24) is 10.2 Å². The molecule has 4 nitrogen and oxygen atoms in total. The fourth-order valence-electron chi connectivity index (χ4n) is 1.26. The molecular weight excluding hydrogens is 258 g/mol. The average molecular weight is 266 g/mol. The number of hydrogen-bond donors (Lipinski definition) is 2. The number of anilines is 1. The summed E-state index contributed by atoms with van der Waals surface area (Å²) in [7, 11) is 0. The largest absolute Gasteiger partial charge is 0.398 e. The van der Waals surface area contributed by atoms with Crippen LogP contribution < -0.4 is 5.73 Å². The van der Waals surface area contributed by atoms with E-state index in [1.165, 1.54) is 6.20 Å². The van der Waals surface area contributed by atoms with E-state index in [9.17, 15) is 4.79 Å². The molecule has 0 unspecified atom stereocenters. The highest BCUT2D eigenvalue weighted by Crippen LogP contribution is 2.20. The molecule has 0 bridgehead atoms. The number of halogens is 1. The van der Waals surface area contributed by atoms with Gasteiger partial charge in [-0.15, -0.1) is 0 Å². The van der Waals surface area contributed by atoms with Gasteiger partial charge in [-0.25, -0.2) is 0 Å². The summed E-state index contributed by atoms with van der Waals surface area (Å²) >= 11 is 3.30. The lowest BCUT2D eigenvalue weighted by atomic mass is 10.1. The van der Waals surface area contributed by atoms with Gasteiger partial charge in [-0.3, -0.25) is 9.89 Å². The molecule has 3 N–H and O–H groups in total. The Morgan fingerprint density at radius 1 is 1.47 bits per heavy atom. The van der Waals surface area contributed by atoms with Crippen molar-refractivity contribution in [3.8, 4) is 0 Å². The Labute approximate surface area is 94.6 Å². The first-order chi connectivity index (χ1) is 7.18. The maximum Gasteiger partial charge on any atom is 0.198 e. The molecule has 15 heavy (non-hydrogen) atoms. The predicted molar refractivity (Wildman–Crippen MR) is 60.6 cm³/mol. The van der Waals surface area contributed by atoms with E-state index in [-0.39, 0.29) is 5.78 Å². The molecule has 2 aromatic rings. The number of nitrogens with zero attached hydrogens (tertiary/aromatic N) is 1. The van der Waals surface area contributed by atoms with Crippen LogP contribution in [-0.2, 0) is 0 Å². The highest BCUT2D eigenvalue weighted by molar-refractivity contribution is 9.10. The van der Waals surface area contributed by atoms with E-state index < -0.39 is 0 Å². The molecule has 0 aliphatic heterocycles. The van der Waals surface area contributed by atoms with Crippen LogP contribution in [0.3, 0.4) is 0 Å². The summed E-state index contributed by atoms with van der Waals surface area (Å²) in [6, 6.07) is 5.18. The summed E-state index contributed by atoms with van der Waals surface area (Å²) < 4.78 is 0.823. The normalized spacial score (nSPS) is 10.2. The molecule has 0 radical (unpaired) electrons. The van der Waals surface area contributed by atoms with Crippen LogP contribution in [0, 0.1) is 0 Å². The number of carbonyl (C=O) groups is 1. The van der Waals surface area contributed by atoms with Crippen LogP contribution in [0.25, 0.3) is 0 Å². The van der Waals surface area contributed by atoms with E-state index in [2.05, 4.69) is 26.1 Å². The smallest absolute Gasteiger partial charge is 0.198 e. The van der Waals surface area contributed by atoms with Crippen molar-refractivity contribution in [2.24, 2.45) is 0 Å². The van der Waals surface area contributed by atoms with Crippen LogP contribution in [-0.4, -0.2) is 16.0 Å². The molecule has 0 atom stereocenters. The minimum absolute atomic E-state index is 0.137. The molecule has 0 aliphatic carbocycles. The molecule has 1 aromatic carbocycles. The van der Waals surface area contributed by atoms with Gasteiger partial charge in [0.05, 0.1) is 11.8 Å². The SMILES string of the molecule is Nc1ccc(Br)cc1C(=O)c1cn[nH]c1. The molecule has 0 saturated carbocycles. The second-order valence-corrected chi connectivity index (χ2v) is 3.96. The van der Waals surface area contributed by atoms with Crippen molar-refractivity contribution in [2.75, 3.05) is 5.73 Å². The Balaban J connectivity index is 2.46. The summed E-state index contributed by atoms with van der Waals surface area (Å²) in [6.07, 6.45) is 3.02. The Kier molecular flexibility index (Phi) is 2.55. The van der Waals surface area contributed by atoms with Crippen molar-refractivity contribution in [3.63, 3.8) is 0 Å². The summed E-state index contributed by atoms with van der Waals surface area (Å²) in [5.74, 6) is -0.137. The molecule has 0 aliphatic rings. The highest BCUT2D eigenvalue weighted by atomic mass is 79.9. The number of rotatable bonds is 2. The number of H-pyrrole nitrogens is 1. The van der Waals surface area contributed by atoms with Gasteiger partial charge in [0.25, 0.3) is 0 Å². The molecule has 2 rings (SSSR count). The molecule has 0 spiro atoms. The average Bonchev–Trinajstić information content (AvgIpc) is 2.74. The van der Waals surface area contributed by atoms with Crippen molar-refractivity contribution in [1.29, 1.82) is 0 Å². The number of aromatic amines is 1. The Hall–Kier alpha value is -1.62. The number of benzene rings is 1. The van der Waals surface area contributed by atoms with Crippen molar-refractivity contribution >= 4 is 27.4 Å². The van der Waals surface area contributed by atoms with E-state index in [1.54, 1.807) is 24.4 Å². The van der Waals surface area contributed by atoms with Gasteiger partial charge in [0.2, 0.25) is 0 Å². The lowest BCUT2D eigenvalue weighted by molar-refractivity contribution is 0.103. The zero-order chi connectivity index (χ0) is 10.8. The van der Waals surface area contributed by atoms with E-state index in [4.69, 9.17) is 5.73 Å². The van der Waals surface area contributed by atoms with Crippen LogP contribution in [0.2, 0.25) is 0 Å². The summed E-state index contributed by atoms with van der Waals surface area (Å²) in [5, 5.41) is 6.31. The third kappa shape index (κ3) is 1.92. The van der Waals surface area contributed by atoms with E-state index in [0.29, 0.717) is 16.8 Å². The monoisotopic (exact) mass is 265 g/mol. The van der Waals surface area contributed by atoms with Crippen LogP contribution in [0.1, 0.15) is 15.9 Å². The highest BCUT2D eigenvalue weighted by Gasteiger charge is 2.13. The van der Waals surface area contributed by atoms with Gasteiger partial charge in [0, 0.05) is 21.9 Å². The number of nitrogens with one attached hydrogen (secondary N) is 1. The number of nitrogen functional groups attached to an aromatic ring is 1. The van der Waals surface area contributed by atoms with E-state index in [0.717, 1.165) is 4.47 Å². The second kappa shape index (κ2) is 3.86. The second-order valence-electron chi connectivity index (χ2n) is 3.05. The molecule has 76 valence electrons. The summed E-state index contributed by atoms with van der Waals surface area (Å²) in [6.45, 7) is 0. The molecule has 1 aromatic heterocycles. The minimum atomic E-state index is -0.137. The van der Waals surface area contributed by atoms with Crippen LogP contribution in [0.4, 0.5) is 5.69 Å². The Morgan fingerprint density at radius 2 is 2.27 bits per heavy atom. The summed E-state index contributed by atoms with van der Waals surface area (Å²) in [4.78, 5) is 11.9. The van der Waals surface area contributed by atoms with E-state index in [1.807, 2.05) is 0 Å². The number of aromatic nitrogens is 2. The third-order valence-electron chi connectivity index (χ3n) is 2.02. The Bertz CT molecular complexity index is 493. The summed E-state index contributed by atoms with van der Waals surface area (Å²) in [5.41, 5.74) is 7.16. The lowest BCUT2D eigenvalue weighted by Gasteiger charge is -2.03. The fourth-order valence-corrected chi connectivity index (χ4v) is 1.62. The zero-order valence-electron chi connectivity index (χ0n) is 7.70. The van der Waals surface area contributed by atoms with Gasteiger partial charge < -0.3 is 5.73 Å². The zero-order valence-corrected chi connectivity index (χ0v) is 9.28. The number of ketones is 1. The predicted octanol–water partition coefficient (Wildman–Crippen LogP) is 1.99. The van der Waals surface area contributed by atoms with Crippen molar-refractivity contribution in [3.05, 3.63) is 46.2 Å². The number of carbonyl (C=O) groups excluding carboxylic acids is 1. The van der Waals surface area contributed by atoms with Gasteiger partial charge in [-0.1, -0.05) is 15.9 Å². The van der Waals surface area contributed by atoms with Gasteiger partial charge in [0.1, 0.15) is 0 Å². The maximum absolute atomic E-state index is 11.9. The van der Waals surface area contributed by atoms with E-state index >= 15 is 0 Å². The first-order valence-electron chi connectivity index (χ1n) is 4.27. The molecule has 0 fully saturated rings. The topological polar surface area (TPSA) is 71.8 Å². The molecule has 0 saturated heterocycles. The third-order valence-corrected chi connectivity index (χ3v) is 2.51. The van der Waals surface area contributed by atoms with Crippen LogP contribution >= 0.6 is 15.9 Å². The van der Waals surface area contributed by atoms with Gasteiger partial charge in [0.15, 0.2) is 5.78 Å². The maximum atomic E-state index is 11.9. The van der Waals surface area contributed by atoms with Gasteiger partial charge in [-0.2, -0.15) is 5.10 Å². The molecule has 5 heteroatoms. The molecular formula is C10H8BrN3O. The van der Waals surface area contributed by atoms with Crippen molar-refractivity contribution in [2.45, 2.75) is 0 Å². The number of nitrogens with two attached hydrogens (primary N) is 1. The van der Waals surface area contributed by atoms with Crippen LogP contribution in [0.15, 0.2) is 35.1 Å². The standard InChI is InChI=1S/C10H8BrN3O/c11-7-1-2-9(12)8(3-7)10(15)6-4-13-14-5-6/h1-5H,12H2,(H,13,14). The molecule has 1 heterocycles. The molecule has 0 amide bonds. The quantitative estimate of drug-likeness (QED) is 0.645. The van der Waals surface area contributed by atoms with Gasteiger partial charge in [-0.05, 0) is 18.2 Å².